The second kappa shape index (κ2) is 7.05. The fourth-order valence-corrected chi connectivity index (χ4v) is 4.25. The number of para-hydroxylation sites is 1. The minimum atomic E-state index is -1.51. The van der Waals surface area contributed by atoms with Crippen LogP contribution in [0.4, 0.5) is 0 Å². The molecule has 0 amide bonds. The van der Waals surface area contributed by atoms with Crippen LogP contribution in [0.25, 0.3) is 33.3 Å². The summed E-state index contributed by atoms with van der Waals surface area (Å²) >= 11 is 0. The first-order valence-corrected chi connectivity index (χ1v) is 10.0. The normalized spacial score (nSPS) is 17.7. The molecule has 0 N–H and O–H groups in total. The van der Waals surface area contributed by atoms with Crippen molar-refractivity contribution in [3.8, 4) is 11.3 Å². The maximum atomic E-state index is 9.02. The van der Waals surface area contributed by atoms with Gasteiger partial charge in [0.15, 0.2) is 0 Å². The maximum Gasteiger partial charge on any atom is 0.227 e. The number of rotatable bonds is 4. The van der Waals surface area contributed by atoms with E-state index in [9.17, 15) is 0 Å². The van der Waals surface area contributed by atoms with Gasteiger partial charge in [-0.1, -0.05) is 51.7 Å². The van der Waals surface area contributed by atoms with Crippen LogP contribution in [0.5, 0.6) is 0 Å². The van der Waals surface area contributed by atoms with Gasteiger partial charge in [-0.2, -0.15) is 0 Å². The molecule has 0 unspecified atom stereocenters. The number of pyridine rings is 2. The van der Waals surface area contributed by atoms with Gasteiger partial charge in [0.25, 0.3) is 0 Å². The van der Waals surface area contributed by atoms with E-state index in [0.717, 1.165) is 42.0 Å². The molecule has 1 aliphatic carbocycles. The zero-order valence-corrected chi connectivity index (χ0v) is 16.3. The average Bonchev–Trinajstić information content (AvgIpc) is 3.41. The fraction of sp³-hybridized carbons (Fsp3) is 0.360. The SMILES string of the molecule is [2H]C(C)(C)c1cnc(-c2cccc3c2oc2ncccc23)cc1C([2H])([2H])C1CCCC1. The summed E-state index contributed by atoms with van der Waals surface area (Å²) in [7, 11) is 0. The molecular formula is C25H26N2O. The first-order chi connectivity index (χ1) is 14.8. The van der Waals surface area contributed by atoms with E-state index >= 15 is 0 Å². The van der Waals surface area contributed by atoms with Crippen LogP contribution in [0.1, 0.15) is 60.7 Å². The van der Waals surface area contributed by atoms with Crippen molar-refractivity contribution in [2.24, 2.45) is 5.92 Å². The molecule has 0 saturated heterocycles. The lowest BCUT2D eigenvalue weighted by molar-refractivity contribution is 0.542. The van der Waals surface area contributed by atoms with E-state index in [0.29, 0.717) is 28.1 Å². The van der Waals surface area contributed by atoms with Gasteiger partial charge < -0.3 is 4.42 Å². The van der Waals surface area contributed by atoms with E-state index < -0.39 is 12.3 Å². The number of benzene rings is 1. The molecule has 1 fully saturated rings. The van der Waals surface area contributed by atoms with Crippen molar-refractivity contribution >= 4 is 22.1 Å². The highest BCUT2D eigenvalue weighted by Crippen LogP contribution is 2.36. The molecule has 1 saturated carbocycles. The summed E-state index contributed by atoms with van der Waals surface area (Å²) in [5.41, 5.74) is 3.98. The van der Waals surface area contributed by atoms with Gasteiger partial charge in [-0.15, -0.1) is 0 Å². The number of hydrogen-bond acceptors (Lipinski definition) is 3. The van der Waals surface area contributed by atoms with Crippen LogP contribution in [0.2, 0.25) is 0 Å². The molecule has 3 heterocycles. The monoisotopic (exact) mass is 373 g/mol. The third-order valence-electron chi connectivity index (χ3n) is 5.71. The topological polar surface area (TPSA) is 38.9 Å². The van der Waals surface area contributed by atoms with Crippen molar-refractivity contribution in [1.82, 2.24) is 9.97 Å². The highest BCUT2D eigenvalue weighted by Gasteiger charge is 2.20. The lowest BCUT2D eigenvalue weighted by Gasteiger charge is -2.17. The van der Waals surface area contributed by atoms with Crippen LogP contribution in [-0.2, 0) is 6.37 Å². The van der Waals surface area contributed by atoms with Gasteiger partial charge in [0.05, 0.1) is 5.69 Å². The van der Waals surface area contributed by atoms with E-state index in [4.69, 9.17) is 8.53 Å². The predicted molar refractivity (Wildman–Crippen MR) is 114 cm³/mol. The zero-order chi connectivity index (χ0) is 21.8. The molecule has 3 nitrogen and oxygen atoms in total. The molecule has 0 bridgehead atoms. The summed E-state index contributed by atoms with van der Waals surface area (Å²) < 4.78 is 32.7. The Hall–Kier alpha value is -2.68. The second-order valence-electron chi connectivity index (χ2n) is 7.88. The van der Waals surface area contributed by atoms with Crippen LogP contribution in [0, 0.1) is 5.92 Å². The van der Waals surface area contributed by atoms with Gasteiger partial charge in [-0.3, -0.25) is 4.98 Å². The summed E-state index contributed by atoms with van der Waals surface area (Å²) in [5, 5.41) is 1.91. The van der Waals surface area contributed by atoms with E-state index in [1.165, 1.54) is 0 Å². The molecule has 4 aromatic rings. The van der Waals surface area contributed by atoms with Crippen LogP contribution in [0.15, 0.2) is 53.2 Å². The number of hydrogen-bond donors (Lipinski definition) is 0. The molecule has 0 spiro atoms. The Balaban J connectivity index is 1.73. The lowest BCUT2D eigenvalue weighted by Crippen LogP contribution is -2.05. The lowest BCUT2D eigenvalue weighted by atomic mass is 9.90. The smallest absolute Gasteiger partial charge is 0.227 e. The van der Waals surface area contributed by atoms with Gasteiger partial charge in [0.1, 0.15) is 5.58 Å². The third kappa shape index (κ3) is 2.99. The maximum absolute atomic E-state index is 9.02. The Labute approximate surface area is 170 Å². The molecule has 142 valence electrons. The molecular weight excluding hydrogens is 344 g/mol. The van der Waals surface area contributed by atoms with E-state index in [2.05, 4.69) is 9.97 Å². The Morgan fingerprint density at radius 1 is 1.14 bits per heavy atom. The van der Waals surface area contributed by atoms with E-state index in [-0.39, 0.29) is 5.92 Å². The first-order valence-electron chi connectivity index (χ1n) is 11.5. The molecule has 3 aromatic heterocycles. The first kappa shape index (κ1) is 14.3. The largest absolute Gasteiger partial charge is 0.437 e. The standard InChI is InChI=1S/C25H26N2O/c1-16(2)22-15-27-23(14-18(22)13-17-7-3-4-8-17)21-10-5-9-19-20-11-6-12-26-25(20)28-24(19)21/h5-6,9-12,14-17H,3-4,7-8,13H2,1-2H3/i13D2,16D. The molecule has 0 aliphatic heterocycles. The summed E-state index contributed by atoms with van der Waals surface area (Å²) in [6.07, 6.45) is 5.78. The second-order valence-corrected chi connectivity index (χ2v) is 7.88. The Bertz CT molecular complexity index is 1270. The van der Waals surface area contributed by atoms with Crippen molar-refractivity contribution in [2.45, 2.75) is 51.8 Å². The summed E-state index contributed by atoms with van der Waals surface area (Å²) in [6, 6.07) is 11.6. The van der Waals surface area contributed by atoms with Gasteiger partial charge >= 0.3 is 0 Å². The highest BCUT2D eigenvalue weighted by molar-refractivity contribution is 6.08. The van der Waals surface area contributed by atoms with E-state index in [1.54, 1.807) is 26.2 Å². The fourth-order valence-electron chi connectivity index (χ4n) is 4.25. The van der Waals surface area contributed by atoms with Gasteiger partial charge in [0.2, 0.25) is 5.71 Å². The number of furan rings is 1. The zero-order valence-electron chi connectivity index (χ0n) is 19.3. The number of nitrogens with zero attached hydrogens (tertiary/aromatic N) is 2. The summed E-state index contributed by atoms with van der Waals surface area (Å²) in [6.45, 7) is 3.59. The van der Waals surface area contributed by atoms with Crippen LogP contribution < -0.4 is 0 Å². The van der Waals surface area contributed by atoms with Crippen LogP contribution in [-0.4, -0.2) is 9.97 Å². The molecule has 0 atom stereocenters. The van der Waals surface area contributed by atoms with Gasteiger partial charge in [-0.05, 0) is 53.6 Å². The minimum Gasteiger partial charge on any atom is -0.437 e. The van der Waals surface area contributed by atoms with E-state index in [1.807, 2.05) is 36.4 Å². The molecule has 5 rings (SSSR count). The van der Waals surface area contributed by atoms with Crippen molar-refractivity contribution in [3.63, 3.8) is 0 Å². The number of fused-ring (bicyclic) bond motifs is 3. The van der Waals surface area contributed by atoms with Gasteiger partial charge in [-0.25, -0.2) is 4.98 Å². The molecule has 0 radical (unpaired) electrons. The molecule has 28 heavy (non-hydrogen) atoms. The minimum absolute atomic E-state index is 0.0324. The quantitative estimate of drug-likeness (QED) is 0.390. The Kier molecular flexibility index (Phi) is 3.61. The predicted octanol–water partition coefficient (Wildman–Crippen LogP) is 6.90. The van der Waals surface area contributed by atoms with Crippen molar-refractivity contribution in [3.05, 3.63) is 59.9 Å². The van der Waals surface area contributed by atoms with Crippen molar-refractivity contribution in [2.75, 3.05) is 0 Å². The third-order valence-corrected chi connectivity index (χ3v) is 5.71. The van der Waals surface area contributed by atoms with Crippen molar-refractivity contribution < 1.29 is 8.53 Å². The highest BCUT2D eigenvalue weighted by atomic mass is 16.3. The average molecular weight is 374 g/mol. The Morgan fingerprint density at radius 2 is 1.96 bits per heavy atom. The molecule has 3 heteroatoms. The number of aromatic nitrogens is 2. The Morgan fingerprint density at radius 3 is 2.79 bits per heavy atom. The molecule has 1 aromatic carbocycles. The van der Waals surface area contributed by atoms with Crippen LogP contribution in [0.3, 0.4) is 0 Å². The van der Waals surface area contributed by atoms with Crippen LogP contribution >= 0.6 is 0 Å². The molecule has 1 aliphatic rings. The summed E-state index contributed by atoms with van der Waals surface area (Å²) in [5.74, 6) is -0.975. The summed E-state index contributed by atoms with van der Waals surface area (Å²) in [4.78, 5) is 9.01. The van der Waals surface area contributed by atoms with Crippen molar-refractivity contribution in [1.29, 1.82) is 0 Å². The van der Waals surface area contributed by atoms with Gasteiger partial charge in [0, 0.05) is 32.8 Å².